The Morgan fingerprint density at radius 3 is 2.55 bits per heavy atom. The maximum atomic E-state index is 11.9. The molecule has 0 spiro atoms. The van der Waals surface area contributed by atoms with Crippen LogP contribution in [-0.4, -0.2) is 16.8 Å². The highest BCUT2D eigenvalue weighted by Crippen LogP contribution is 2.30. The highest BCUT2D eigenvalue weighted by molar-refractivity contribution is 7.20. The molecule has 1 aromatic heterocycles. The Morgan fingerprint density at radius 2 is 1.95 bits per heavy atom. The quantitative estimate of drug-likeness (QED) is 0.762. The molecule has 0 saturated carbocycles. The topological polar surface area (TPSA) is 97.1 Å². The van der Waals surface area contributed by atoms with Crippen LogP contribution in [-0.2, 0) is 4.79 Å². The number of nitrogens with zero attached hydrogens (tertiary/aromatic N) is 1. The predicted molar refractivity (Wildman–Crippen MR) is 88.4 cm³/mol. The summed E-state index contributed by atoms with van der Waals surface area (Å²) >= 11 is 1.18. The lowest BCUT2D eigenvalue weighted by Crippen LogP contribution is -2.18. The average Bonchev–Trinajstić information content (AvgIpc) is 2.81. The molecule has 2 aromatic rings. The maximum Gasteiger partial charge on any atom is 0.270 e. The fourth-order valence-electron chi connectivity index (χ4n) is 1.82. The minimum Gasteiger partial charge on any atom is -0.364 e. The molecule has 116 valence electrons. The van der Waals surface area contributed by atoms with Gasteiger partial charge >= 0.3 is 0 Å². The lowest BCUT2D eigenvalue weighted by Gasteiger charge is -2.05. The van der Waals surface area contributed by atoms with Gasteiger partial charge in [0.05, 0.1) is 0 Å². The van der Waals surface area contributed by atoms with Crippen molar-refractivity contribution in [1.29, 1.82) is 0 Å². The van der Waals surface area contributed by atoms with Crippen LogP contribution < -0.4 is 16.4 Å². The average molecular weight is 318 g/mol. The summed E-state index contributed by atoms with van der Waals surface area (Å²) in [5, 5.41) is 6.66. The van der Waals surface area contributed by atoms with E-state index in [4.69, 9.17) is 5.73 Å². The molecule has 7 heteroatoms. The number of primary amides is 1. The highest BCUT2D eigenvalue weighted by Gasteiger charge is 2.18. The van der Waals surface area contributed by atoms with Crippen LogP contribution in [0.1, 0.15) is 30.8 Å². The molecule has 2 rings (SSSR count). The van der Waals surface area contributed by atoms with Crippen molar-refractivity contribution in [2.24, 2.45) is 11.7 Å². The molecule has 2 amide bonds. The van der Waals surface area contributed by atoms with E-state index in [1.807, 2.05) is 44.2 Å². The molecular weight excluding hydrogens is 300 g/mol. The van der Waals surface area contributed by atoms with Gasteiger partial charge < -0.3 is 16.4 Å². The second kappa shape index (κ2) is 7.04. The molecule has 22 heavy (non-hydrogen) atoms. The molecule has 0 unspecified atom stereocenters. The smallest absolute Gasteiger partial charge is 0.270 e. The molecule has 0 aliphatic rings. The largest absolute Gasteiger partial charge is 0.364 e. The van der Waals surface area contributed by atoms with Crippen LogP contribution in [0.4, 0.5) is 15.8 Å². The van der Waals surface area contributed by atoms with Crippen molar-refractivity contribution in [1.82, 2.24) is 4.98 Å². The number of benzene rings is 1. The Balaban J connectivity index is 2.18. The van der Waals surface area contributed by atoms with Crippen molar-refractivity contribution >= 4 is 39.0 Å². The molecule has 0 bridgehead atoms. The van der Waals surface area contributed by atoms with Gasteiger partial charge in [-0.2, -0.15) is 0 Å². The fourth-order valence-corrected chi connectivity index (χ4v) is 2.73. The number of thiazole rings is 1. The third kappa shape index (κ3) is 4.29. The van der Waals surface area contributed by atoms with Gasteiger partial charge in [0.25, 0.3) is 5.91 Å². The summed E-state index contributed by atoms with van der Waals surface area (Å²) in [7, 11) is 0. The van der Waals surface area contributed by atoms with Gasteiger partial charge in [-0.15, -0.1) is 0 Å². The number of nitrogens with two attached hydrogens (primary N) is 1. The number of para-hydroxylation sites is 1. The van der Waals surface area contributed by atoms with Gasteiger partial charge in [-0.25, -0.2) is 4.98 Å². The van der Waals surface area contributed by atoms with Crippen LogP contribution in [0.2, 0.25) is 0 Å². The lowest BCUT2D eigenvalue weighted by atomic mass is 10.1. The van der Waals surface area contributed by atoms with Crippen molar-refractivity contribution in [3.8, 4) is 0 Å². The second-order valence-corrected chi connectivity index (χ2v) is 6.20. The van der Waals surface area contributed by atoms with E-state index in [1.165, 1.54) is 11.3 Å². The molecule has 6 nitrogen and oxygen atoms in total. The van der Waals surface area contributed by atoms with Crippen LogP contribution in [0, 0.1) is 5.92 Å². The minimum absolute atomic E-state index is 0.0699. The van der Waals surface area contributed by atoms with Crippen LogP contribution in [0.5, 0.6) is 0 Å². The number of carbonyl (C=O) groups is 2. The Hall–Kier alpha value is -2.41. The van der Waals surface area contributed by atoms with E-state index in [0.29, 0.717) is 16.6 Å². The van der Waals surface area contributed by atoms with E-state index < -0.39 is 5.91 Å². The summed E-state index contributed by atoms with van der Waals surface area (Å²) in [6.07, 6.45) is 0.373. The van der Waals surface area contributed by atoms with E-state index in [0.717, 1.165) is 5.69 Å². The first kappa shape index (κ1) is 16.0. The Kier molecular flexibility index (Phi) is 5.11. The lowest BCUT2D eigenvalue weighted by molar-refractivity contribution is -0.116. The van der Waals surface area contributed by atoms with Gasteiger partial charge in [-0.05, 0) is 18.1 Å². The standard InChI is InChI=1S/C15H18N4O2S/c1-9(2)8-11(20)18-14-12(13(16)21)19-15(22-14)17-10-6-4-3-5-7-10/h3-7,9H,8H2,1-2H3,(H2,16,21)(H,17,19)(H,18,20). The molecule has 1 heterocycles. The summed E-state index contributed by atoms with van der Waals surface area (Å²) in [6.45, 7) is 3.90. The van der Waals surface area contributed by atoms with Crippen molar-refractivity contribution in [2.75, 3.05) is 10.6 Å². The Labute approximate surface area is 132 Å². The molecule has 4 N–H and O–H groups in total. The summed E-state index contributed by atoms with van der Waals surface area (Å²) < 4.78 is 0. The van der Waals surface area contributed by atoms with Gasteiger partial charge in [0.2, 0.25) is 5.91 Å². The van der Waals surface area contributed by atoms with E-state index in [1.54, 1.807) is 0 Å². The fraction of sp³-hybridized carbons (Fsp3) is 0.267. The zero-order valence-corrected chi connectivity index (χ0v) is 13.2. The third-order valence-corrected chi connectivity index (χ3v) is 3.62. The van der Waals surface area contributed by atoms with E-state index in [-0.39, 0.29) is 17.5 Å². The zero-order valence-electron chi connectivity index (χ0n) is 12.4. The first-order valence-corrected chi connectivity index (χ1v) is 7.70. The number of carbonyl (C=O) groups excluding carboxylic acids is 2. The van der Waals surface area contributed by atoms with E-state index >= 15 is 0 Å². The number of aromatic nitrogens is 1. The maximum absolute atomic E-state index is 11.9. The zero-order chi connectivity index (χ0) is 16.1. The Bertz CT molecular complexity index is 667. The molecule has 0 aliphatic carbocycles. The summed E-state index contributed by atoms with van der Waals surface area (Å²) in [5.41, 5.74) is 6.23. The van der Waals surface area contributed by atoms with Crippen LogP contribution in [0.25, 0.3) is 0 Å². The SMILES string of the molecule is CC(C)CC(=O)Nc1sc(Nc2ccccc2)nc1C(N)=O. The van der Waals surface area contributed by atoms with Gasteiger partial charge in [0, 0.05) is 12.1 Å². The van der Waals surface area contributed by atoms with Crippen molar-refractivity contribution in [2.45, 2.75) is 20.3 Å². The van der Waals surface area contributed by atoms with Gasteiger partial charge in [-0.3, -0.25) is 9.59 Å². The second-order valence-electron chi connectivity index (χ2n) is 5.20. The number of hydrogen-bond acceptors (Lipinski definition) is 5. The first-order chi connectivity index (χ1) is 10.5. The number of rotatable bonds is 6. The van der Waals surface area contributed by atoms with Gasteiger partial charge in [0.1, 0.15) is 5.00 Å². The van der Waals surface area contributed by atoms with E-state index in [2.05, 4.69) is 15.6 Å². The summed E-state index contributed by atoms with van der Waals surface area (Å²) in [4.78, 5) is 27.5. The number of amides is 2. The molecule has 0 fully saturated rings. The van der Waals surface area contributed by atoms with Gasteiger partial charge in [0.15, 0.2) is 10.8 Å². The number of hydrogen-bond donors (Lipinski definition) is 3. The van der Waals surface area contributed by atoms with Crippen molar-refractivity contribution in [3.05, 3.63) is 36.0 Å². The van der Waals surface area contributed by atoms with Crippen molar-refractivity contribution in [3.63, 3.8) is 0 Å². The molecule has 0 radical (unpaired) electrons. The first-order valence-electron chi connectivity index (χ1n) is 6.88. The number of anilines is 3. The van der Waals surface area contributed by atoms with E-state index in [9.17, 15) is 9.59 Å². The van der Waals surface area contributed by atoms with Gasteiger partial charge in [-0.1, -0.05) is 43.4 Å². The molecule has 0 saturated heterocycles. The number of nitrogens with one attached hydrogen (secondary N) is 2. The monoisotopic (exact) mass is 318 g/mol. The third-order valence-electron chi connectivity index (χ3n) is 2.73. The van der Waals surface area contributed by atoms with Crippen molar-refractivity contribution < 1.29 is 9.59 Å². The summed E-state index contributed by atoms with van der Waals surface area (Å²) in [6, 6.07) is 9.43. The van der Waals surface area contributed by atoms with Crippen LogP contribution >= 0.6 is 11.3 Å². The summed E-state index contributed by atoms with van der Waals surface area (Å²) in [5.74, 6) is -0.600. The Morgan fingerprint density at radius 1 is 1.27 bits per heavy atom. The minimum atomic E-state index is -0.669. The molecule has 0 atom stereocenters. The molecular formula is C15H18N4O2S. The predicted octanol–water partition coefficient (Wildman–Crippen LogP) is 2.97. The highest BCUT2D eigenvalue weighted by atomic mass is 32.1. The normalized spacial score (nSPS) is 10.5. The van der Waals surface area contributed by atoms with Crippen LogP contribution in [0.3, 0.4) is 0 Å². The molecule has 1 aromatic carbocycles. The molecule has 0 aliphatic heterocycles. The van der Waals surface area contributed by atoms with Crippen LogP contribution in [0.15, 0.2) is 30.3 Å².